The molecule has 3 nitrogen and oxygen atoms in total. The maximum atomic E-state index is 5.16. The minimum absolute atomic E-state index is 2.12. The molecule has 0 atom stereocenters. The Balaban J connectivity index is 3.61. The predicted molar refractivity (Wildman–Crippen MR) is 36.4 cm³/mol. The van der Waals surface area contributed by atoms with E-state index in [1.807, 2.05) is 0 Å². The number of nitrogens with two attached hydrogens (primary N) is 1. The van der Waals surface area contributed by atoms with Gasteiger partial charge in [-0.1, -0.05) is 0 Å². The average molecular weight is 180 g/mol. The van der Waals surface area contributed by atoms with Crippen LogP contribution in [0.5, 0.6) is 0 Å². The molecular weight excluding hydrogens is 176 g/mol. The lowest BCUT2D eigenvalue weighted by Crippen LogP contribution is -2.13. The number of hydrogen-bond donors (Lipinski definition) is 3. The van der Waals surface area contributed by atoms with Crippen molar-refractivity contribution in [3.05, 3.63) is 0 Å². The summed E-state index contributed by atoms with van der Waals surface area (Å²) in [5.41, 5.74) is 5.16. The second-order valence-corrected chi connectivity index (χ2v) is 5.22. The van der Waals surface area contributed by atoms with Gasteiger partial charge >= 0.3 is 0 Å². The van der Waals surface area contributed by atoms with E-state index in [2.05, 4.69) is 21.0 Å². The van der Waals surface area contributed by atoms with Gasteiger partial charge < -0.3 is 0 Å². The summed E-state index contributed by atoms with van der Waals surface area (Å²) in [6.45, 7) is -2.29. The molecule has 0 spiro atoms. The SMILES string of the molecule is NP(=S)(NCl)NCl. The summed E-state index contributed by atoms with van der Waals surface area (Å²) in [7, 11) is 0. The van der Waals surface area contributed by atoms with Crippen LogP contribution in [0.15, 0.2) is 0 Å². The van der Waals surface area contributed by atoms with Gasteiger partial charge in [0.05, 0.1) is 0 Å². The van der Waals surface area contributed by atoms with E-state index >= 15 is 0 Å². The molecular formula is H4Cl2N3PS. The average Bonchev–Trinajstić information content (AvgIpc) is 1.68. The highest BCUT2D eigenvalue weighted by atomic mass is 35.5. The second kappa shape index (κ2) is 3.20. The fourth-order valence-electron chi connectivity index (χ4n) is 0.0160. The molecule has 0 rings (SSSR count). The molecule has 0 aromatic heterocycles. The third-order valence-electron chi connectivity index (χ3n) is 0.251. The standard InChI is InChI=1S/Cl2H4N3PS/c1-4-6(3,7)5-2/h(H4,3,4,5,7). The van der Waals surface area contributed by atoms with Crippen LogP contribution in [0.2, 0.25) is 0 Å². The van der Waals surface area contributed by atoms with Gasteiger partial charge in [0, 0.05) is 0 Å². The van der Waals surface area contributed by atoms with Crippen molar-refractivity contribution >= 4 is 41.9 Å². The van der Waals surface area contributed by atoms with Gasteiger partial charge in [0.2, 0.25) is 0 Å². The zero-order valence-electron chi connectivity index (χ0n) is 3.19. The number of halogens is 2. The molecule has 0 saturated heterocycles. The van der Waals surface area contributed by atoms with E-state index in [4.69, 9.17) is 29.1 Å². The molecule has 0 aromatic rings. The van der Waals surface area contributed by atoms with Gasteiger partial charge in [-0.05, 0) is 35.4 Å². The molecule has 7 heavy (non-hydrogen) atoms. The van der Waals surface area contributed by atoms with Crippen LogP contribution in [0.25, 0.3) is 0 Å². The molecule has 0 amide bonds. The van der Waals surface area contributed by atoms with Gasteiger partial charge in [-0.15, -0.1) is 0 Å². The van der Waals surface area contributed by atoms with Crippen molar-refractivity contribution in [3.63, 3.8) is 0 Å². The lowest BCUT2D eigenvalue weighted by molar-refractivity contribution is 1.46. The van der Waals surface area contributed by atoms with E-state index in [1.54, 1.807) is 0 Å². The van der Waals surface area contributed by atoms with Crippen LogP contribution in [0.3, 0.4) is 0 Å². The second-order valence-electron chi connectivity index (χ2n) is 0.827. The molecule has 4 N–H and O–H groups in total. The third-order valence-corrected chi connectivity index (χ3v) is 3.50. The van der Waals surface area contributed by atoms with Crippen LogP contribution in [-0.2, 0) is 11.8 Å². The Morgan fingerprint density at radius 1 is 1.43 bits per heavy atom. The molecule has 0 fully saturated rings. The minimum atomic E-state index is -2.29. The van der Waals surface area contributed by atoms with Crippen molar-refractivity contribution in [2.75, 3.05) is 0 Å². The molecule has 0 aliphatic rings. The molecule has 0 aromatic carbocycles. The summed E-state index contributed by atoms with van der Waals surface area (Å²) >= 11 is 14.6. The normalized spacial score (nSPS) is 11.9. The fourth-order valence-corrected chi connectivity index (χ4v) is 0.431. The summed E-state index contributed by atoms with van der Waals surface area (Å²) in [5.74, 6) is 0. The van der Waals surface area contributed by atoms with Crippen molar-refractivity contribution in [2.24, 2.45) is 5.50 Å². The van der Waals surface area contributed by atoms with Gasteiger partial charge in [0.1, 0.15) is 0 Å². The molecule has 0 heterocycles. The lowest BCUT2D eigenvalue weighted by atomic mass is 13.8. The lowest BCUT2D eigenvalue weighted by Gasteiger charge is -2.07. The Kier molecular flexibility index (Phi) is 3.71. The maximum absolute atomic E-state index is 5.16. The summed E-state index contributed by atoms with van der Waals surface area (Å²) in [6, 6.07) is 0. The van der Waals surface area contributed by atoms with E-state index in [1.165, 1.54) is 0 Å². The fraction of sp³-hybridized carbons (Fsp3) is 0. The first-order valence-electron chi connectivity index (χ1n) is 1.27. The molecule has 0 saturated carbocycles. The molecule has 0 bridgehead atoms. The van der Waals surface area contributed by atoms with Crippen molar-refractivity contribution in [1.82, 2.24) is 9.21 Å². The third kappa shape index (κ3) is 3.67. The molecule has 0 unspecified atom stereocenters. The summed E-state index contributed by atoms with van der Waals surface area (Å²) in [4.78, 5) is 0. The van der Waals surface area contributed by atoms with Crippen LogP contribution in [0.1, 0.15) is 0 Å². The summed E-state index contributed by atoms with van der Waals surface area (Å²) in [5, 5.41) is 0. The minimum Gasteiger partial charge on any atom is -0.278 e. The van der Waals surface area contributed by atoms with Crippen LogP contribution < -0.4 is 14.7 Å². The Morgan fingerprint density at radius 2 is 1.71 bits per heavy atom. The zero-order chi connectivity index (χ0) is 5.91. The first kappa shape index (κ1) is 8.11. The summed E-state index contributed by atoms with van der Waals surface area (Å²) < 4.78 is 4.25. The van der Waals surface area contributed by atoms with E-state index in [9.17, 15) is 0 Å². The van der Waals surface area contributed by atoms with Crippen LogP contribution >= 0.6 is 30.0 Å². The monoisotopic (exact) mass is 179 g/mol. The van der Waals surface area contributed by atoms with Gasteiger partial charge in [-0.25, -0.2) is 0 Å². The molecule has 0 radical (unpaired) electrons. The van der Waals surface area contributed by atoms with Crippen LogP contribution in [0, 0.1) is 0 Å². The highest BCUT2D eigenvalue weighted by Crippen LogP contribution is 2.25. The van der Waals surface area contributed by atoms with Crippen LogP contribution in [0.4, 0.5) is 0 Å². The predicted octanol–water partition coefficient (Wildman–Crippen LogP) is 0.656. The van der Waals surface area contributed by atoms with Gasteiger partial charge in [-0.3, -0.25) is 5.50 Å². The van der Waals surface area contributed by atoms with Crippen molar-refractivity contribution < 1.29 is 0 Å². The van der Waals surface area contributed by atoms with Gasteiger partial charge in [-0.2, -0.15) is 9.21 Å². The largest absolute Gasteiger partial charge is 0.278 e. The Labute approximate surface area is 56.9 Å². The van der Waals surface area contributed by atoms with Crippen molar-refractivity contribution in [3.8, 4) is 0 Å². The molecule has 0 aliphatic carbocycles. The Hall–Kier alpha value is 1.11. The molecule has 44 valence electrons. The number of rotatable bonds is 2. The van der Waals surface area contributed by atoms with E-state index in [0.29, 0.717) is 0 Å². The zero-order valence-corrected chi connectivity index (χ0v) is 6.41. The highest BCUT2D eigenvalue weighted by Gasteiger charge is 2.02. The van der Waals surface area contributed by atoms with Crippen LogP contribution in [-0.4, -0.2) is 0 Å². The smallest absolute Gasteiger partial charge is 0.162 e. The molecule has 0 aliphatic heterocycles. The van der Waals surface area contributed by atoms with Gasteiger partial charge in [0.15, 0.2) is 6.49 Å². The topological polar surface area (TPSA) is 50.1 Å². The van der Waals surface area contributed by atoms with E-state index < -0.39 is 6.49 Å². The summed E-state index contributed by atoms with van der Waals surface area (Å²) in [6.07, 6.45) is 0. The van der Waals surface area contributed by atoms with Crippen molar-refractivity contribution in [2.45, 2.75) is 0 Å². The van der Waals surface area contributed by atoms with Gasteiger partial charge in [0.25, 0.3) is 0 Å². The maximum Gasteiger partial charge on any atom is 0.162 e. The quantitative estimate of drug-likeness (QED) is 0.431. The number of nitrogens with one attached hydrogen (secondary N) is 2. The first-order valence-corrected chi connectivity index (χ1v) is 4.89. The highest BCUT2D eigenvalue weighted by molar-refractivity contribution is 8.12. The van der Waals surface area contributed by atoms with E-state index in [0.717, 1.165) is 0 Å². The first-order chi connectivity index (χ1) is 3.12. The molecule has 7 heteroatoms. The Bertz CT molecular complexity index is 84.9. The van der Waals surface area contributed by atoms with Crippen molar-refractivity contribution in [1.29, 1.82) is 0 Å². The Morgan fingerprint density at radius 3 is 1.71 bits per heavy atom. The number of hydrogen-bond acceptors (Lipinski definition) is 1. The van der Waals surface area contributed by atoms with E-state index in [-0.39, 0.29) is 0 Å².